The largest absolute Gasteiger partial charge is 0.550 e. The number of hydrogen-bond donors (Lipinski definition) is 0. The number of hydrogen-bond acceptors (Lipinski definition) is 2. The minimum absolute atomic E-state index is 0.972. The molecule has 11 heavy (non-hydrogen) atoms. The Morgan fingerprint density at radius 2 is 1.64 bits per heavy atom. The molecule has 0 heterocycles. The van der Waals surface area contributed by atoms with Crippen LogP contribution in [0.15, 0.2) is 30.3 Å². The van der Waals surface area contributed by atoms with Gasteiger partial charge in [-0.1, -0.05) is 35.9 Å². The lowest BCUT2D eigenvalue weighted by Crippen LogP contribution is -2.16. The van der Waals surface area contributed by atoms with Crippen molar-refractivity contribution in [2.45, 2.75) is 13.8 Å². The Bertz CT molecular complexity index is 200. The quantitative estimate of drug-likeness (QED) is 0.549. The first-order valence-electron chi connectivity index (χ1n) is 3.32. The zero-order valence-electron chi connectivity index (χ0n) is 6.70. The lowest BCUT2D eigenvalue weighted by atomic mass is 10.2. The van der Waals surface area contributed by atoms with Crippen molar-refractivity contribution in [2.75, 3.05) is 0 Å². The van der Waals surface area contributed by atoms with Crippen molar-refractivity contribution in [3.8, 4) is 0 Å². The summed E-state index contributed by atoms with van der Waals surface area (Å²) in [6.45, 7) is 3.06. The highest BCUT2D eigenvalue weighted by Crippen LogP contribution is 1.92. The van der Waals surface area contributed by atoms with Crippen LogP contribution in [0.5, 0.6) is 0 Å². The van der Waals surface area contributed by atoms with E-state index in [-0.39, 0.29) is 0 Å². The summed E-state index contributed by atoms with van der Waals surface area (Å²) in [4.78, 5) is 8.89. The second kappa shape index (κ2) is 5.47. The summed E-state index contributed by atoms with van der Waals surface area (Å²) in [5, 5.41) is 8.89. The molecule has 1 aromatic carbocycles. The molecular formula is C9H11O2-. The van der Waals surface area contributed by atoms with Crippen LogP contribution in [0.25, 0.3) is 0 Å². The molecule has 0 aromatic heterocycles. The van der Waals surface area contributed by atoms with Crippen LogP contribution in [0.2, 0.25) is 0 Å². The molecule has 0 saturated heterocycles. The van der Waals surface area contributed by atoms with E-state index in [0.717, 1.165) is 6.92 Å². The first kappa shape index (κ1) is 9.69. The van der Waals surface area contributed by atoms with Crippen LogP contribution in [-0.2, 0) is 4.79 Å². The molecule has 0 saturated carbocycles. The summed E-state index contributed by atoms with van der Waals surface area (Å²) in [5.74, 6) is -1.08. The molecule has 60 valence electrons. The Morgan fingerprint density at radius 3 is 1.82 bits per heavy atom. The number of carbonyl (C=O) groups is 1. The van der Waals surface area contributed by atoms with Crippen molar-refractivity contribution >= 4 is 5.97 Å². The third kappa shape index (κ3) is 8.69. The van der Waals surface area contributed by atoms with Gasteiger partial charge in [-0.25, -0.2) is 0 Å². The van der Waals surface area contributed by atoms with Gasteiger partial charge in [0, 0.05) is 5.97 Å². The summed E-state index contributed by atoms with van der Waals surface area (Å²) in [7, 11) is 0. The van der Waals surface area contributed by atoms with Crippen LogP contribution < -0.4 is 5.11 Å². The molecule has 0 atom stereocenters. The lowest BCUT2D eigenvalue weighted by molar-refractivity contribution is -0.302. The van der Waals surface area contributed by atoms with Crippen molar-refractivity contribution in [3.63, 3.8) is 0 Å². The van der Waals surface area contributed by atoms with E-state index < -0.39 is 5.97 Å². The van der Waals surface area contributed by atoms with E-state index in [4.69, 9.17) is 9.90 Å². The van der Waals surface area contributed by atoms with Gasteiger partial charge >= 0.3 is 0 Å². The normalized spacial score (nSPS) is 7.82. The maximum Gasteiger partial charge on any atom is 0.0383 e. The molecule has 0 aliphatic carbocycles. The molecule has 1 aromatic rings. The molecule has 0 bridgehead atoms. The Kier molecular flexibility index (Phi) is 4.82. The van der Waals surface area contributed by atoms with Gasteiger partial charge in [-0.3, -0.25) is 0 Å². The zero-order chi connectivity index (χ0) is 8.69. The summed E-state index contributed by atoms with van der Waals surface area (Å²) in [6.07, 6.45) is 0. The number of benzene rings is 1. The number of carboxylic acid groups (broad SMARTS) is 1. The number of carbonyl (C=O) groups excluding carboxylic acids is 1. The van der Waals surface area contributed by atoms with E-state index in [2.05, 4.69) is 19.1 Å². The van der Waals surface area contributed by atoms with Gasteiger partial charge in [-0.2, -0.15) is 0 Å². The van der Waals surface area contributed by atoms with Gasteiger partial charge in [-0.05, 0) is 13.8 Å². The molecule has 0 unspecified atom stereocenters. The van der Waals surface area contributed by atoms with Crippen LogP contribution in [0.4, 0.5) is 0 Å². The molecule has 0 aliphatic rings. The highest BCUT2D eigenvalue weighted by Gasteiger charge is 1.72. The van der Waals surface area contributed by atoms with Crippen molar-refractivity contribution in [3.05, 3.63) is 35.9 Å². The third-order valence-corrected chi connectivity index (χ3v) is 0.940. The predicted octanol–water partition coefficient (Wildman–Crippen LogP) is 0.751. The number of aliphatic carboxylic acids is 1. The average Bonchev–Trinajstić information content (AvgIpc) is 1.87. The van der Waals surface area contributed by atoms with E-state index in [1.165, 1.54) is 5.56 Å². The van der Waals surface area contributed by atoms with Gasteiger partial charge < -0.3 is 9.90 Å². The van der Waals surface area contributed by atoms with E-state index in [0.29, 0.717) is 0 Å². The summed E-state index contributed by atoms with van der Waals surface area (Å²) in [5.41, 5.74) is 1.32. The molecule has 2 heteroatoms. The van der Waals surface area contributed by atoms with Crippen molar-refractivity contribution in [1.82, 2.24) is 0 Å². The molecule has 2 nitrogen and oxygen atoms in total. The van der Waals surface area contributed by atoms with Crippen LogP contribution in [0.3, 0.4) is 0 Å². The first-order valence-corrected chi connectivity index (χ1v) is 3.32. The predicted molar refractivity (Wildman–Crippen MR) is 41.9 cm³/mol. The van der Waals surface area contributed by atoms with Gasteiger partial charge in [-0.15, -0.1) is 0 Å². The van der Waals surface area contributed by atoms with Gasteiger partial charge in [0.05, 0.1) is 0 Å². The fraction of sp³-hybridized carbons (Fsp3) is 0.222. The lowest BCUT2D eigenvalue weighted by Gasteiger charge is -1.82. The molecule has 0 fully saturated rings. The Morgan fingerprint density at radius 1 is 1.27 bits per heavy atom. The summed E-state index contributed by atoms with van der Waals surface area (Å²) >= 11 is 0. The topological polar surface area (TPSA) is 40.1 Å². The second-order valence-electron chi connectivity index (χ2n) is 2.15. The first-order chi connectivity index (χ1) is 5.13. The minimum atomic E-state index is -1.08. The fourth-order valence-electron chi connectivity index (χ4n) is 0.534. The van der Waals surface area contributed by atoms with Gasteiger partial charge in [0.15, 0.2) is 0 Å². The number of aryl methyl sites for hydroxylation is 1. The minimum Gasteiger partial charge on any atom is -0.550 e. The molecule has 0 aliphatic heterocycles. The Hall–Kier alpha value is -1.31. The fourth-order valence-corrected chi connectivity index (χ4v) is 0.534. The summed E-state index contributed by atoms with van der Waals surface area (Å²) in [6, 6.07) is 10.3. The van der Waals surface area contributed by atoms with Crippen LogP contribution >= 0.6 is 0 Å². The second-order valence-corrected chi connectivity index (χ2v) is 2.15. The van der Waals surface area contributed by atoms with E-state index in [1.807, 2.05) is 18.2 Å². The van der Waals surface area contributed by atoms with E-state index >= 15 is 0 Å². The smallest absolute Gasteiger partial charge is 0.0383 e. The highest BCUT2D eigenvalue weighted by molar-refractivity contribution is 5.60. The highest BCUT2D eigenvalue weighted by atomic mass is 16.4. The zero-order valence-corrected chi connectivity index (χ0v) is 6.70. The Labute approximate surface area is 66.5 Å². The van der Waals surface area contributed by atoms with Crippen molar-refractivity contribution in [2.24, 2.45) is 0 Å². The third-order valence-electron chi connectivity index (χ3n) is 0.940. The molecule has 0 spiro atoms. The van der Waals surface area contributed by atoms with E-state index in [1.54, 1.807) is 0 Å². The average molecular weight is 151 g/mol. The monoisotopic (exact) mass is 151 g/mol. The van der Waals surface area contributed by atoms with Crippen molar-refractivity contribution < 1.29 is 9.90 Å². The summed E-state index contributed by atoms with van der Waals surface area (Å²) < 4.78 is 0. The Balaban J connectivity index is 0.000000218. The molecule has 0 N–H and O–H groups in total. The van der Waals surface area contributed by atoms with Crippen molar-refractivity contribution in [1.29, 1.82) is 0 Å². The maximum atomic E-state index is 8.89. The SMILES string of the molecule is CC(=O)[O-].Cc1ccccc1. The van der Waals surface area contributed by atoms with Crippen LogP contribution in [0, 0.1) is 6.92 Å². The number of carboxylic acids is 1. The van der Waals surface area contributed by atoms with Crippen LogP contribution in [-0.4, -0.2) is 5.97 Å². The van der Waals surface area contributed by atoms with Gasteiger partial charge in [0.25, 0.3) is 0 Å². The standard InChI is InChI=1S/C7H8.C2H4O2/c1-7-5-3-2-4-6-7;1-2(3)4/h2-6H,1H3;1H3,(H,3,4)/p-1. The number of rotatable bonds is 0. The molecule has 0 radical (unpaired) electrons. The van der Waals surface area contributed by atoms with Gasteiger partial charge in [0.2, 0.25) is 0 Å². The van der Waals surface area contributed by atoms with Gasteiger partial charge in [0.1, 0.15) is 0 Å². The molecule has 0 amide bonds. The maximum absolute atomic E-state index is 8.89. The van der Waals surface area contributed by atoms with E-state index in [9.17, 15) is 0 Å². The molecular weight excluding hydrogens is 140 g/mol. The van der Waals surface area contributed by atoms with Crippen LogP contribution in [0.1, 0.15) is 12.5 Å². The molecule has 1 rings (SSSR count).